The Morgan fingerprint density at radius 3 is 3.00 bits per heavy atom. The lowest BCUT2D eigenvalue weighted by Crippen LogP contribution is -2.35. The number of amides is 1. The molecule has 2 aromatic rings. The van der Waals surface area contributed by atoms with Gasteiger partial charge in [0.2, 0.25) is 17.7 Å². The Hall–Kier alpha value is -2.44. The van der Waals surface area contributed by atoms with Gasteiger partial charge in [-0.2, -0.15) is 0 Å². The quantitative estimate of drug-likeness (QED) is 0.837. The van der Waals surface area contributed by atoms with Crippen molar-refractivity contribution in [3.8, 4) is 5.88 Å². The van der Waals surface area contributed by atoms with Crippen LogP contribution in [0.5, 0.6) is 5.88 Å². The van der Waals surface area contributed by atoms with Gasteiger partial charge in [-0.25, -0.2) is 4.98 Å². The van der Waals surface area contributed by atoms with Gasteiger partial charge in [-0.05, 0) is 37.8 Å². The van der Waals surface area contributed by atoms with Crippen molar-refractivity contribution in [2.75, 3.05) is 20.2 Å². The maximum Gasteiger partial charge on any atom is 0.259 e. The Morgan fingerprint density at radius 1 is 1.42 bits per heavy atom. The van der Waals surface area contributed by atoms with Crippen LogP contribution >= 0.6 is 0 Å². The maximum absolute atomic E-state index is 13.1. The van der Waals surface area contributed by atoms with E-state index >= 15 is 0 Å². The smallest absolute Gasteiger partial charge is 0.259 e. The molecule has 7 nitrogen and oxygen atoms in total. The fourth-order valence-corrected chi connectivity index (χ4v) is 4.41. The van der Waals surface area contributed by atoms with Gasteiger partial charge in [0.15, 0.2) is 0 Å². The van der Waals surface area contributed by atoms with Crippen molar-refractivity contribution >= 4 is 5.91 Å². The molecule has 1 saturated carbocycles. The topological polar surface area (TPSA) is 81.4 Å². The van der Waals surface area contributed by atoms with Crippen LogP contribution in [0.1, 0.15) is 54.0 Å². The molecule has 1 amide bonds. The molecule has 1 saturated heterocycles. The molecule has 2 aromatic heterocycles. The molecule has 2 fully saturated rings. The summed E-state index contributed by atoms with van der Waals surface area (Å²) in [5.41, 5.74) is 1.13. The van der Waals surface area contributed by atoms with E-state index in [4.69, 9.17) is 9.15 Å². The van der Waals surface area contributed by atoms with Crippen LogP contribution in [0.25, 0.3) is 0 Å². The highest BCUT2D eigenvalue weighted by molar-refractivity contribution is 5.96. The van der Waals surface area contributed by atoms with Gasteiger partial charge in [0.25, 0.3) is 5.91 Å². The minimum Gasteiger partial charge on any atom is -0.480 e. The molecule has 7 heteroatoms. The number of ether oxygens (including phenoxy) is 1. The van der Waals surface area contributed by atoms with Crippen molar-refractivity contribution in [1.82, 2.24) is 20.1 Å². The summed E-state index contributed by atoms with van der Waals surface area (Å²) in [6, 6.07) is 3.64. The summed E-state index contributed by atoms with van der Waals surface area (Å²) < 4.78 is 11.2. The molecule has 138 valence electrons. The Bertz CT molecular complexity index is 834. The molecule has 0 radical (unpaired) electrons. The summed E-state index contributed by atoms with van der Waals surface area (Å²) >= 11 is 0. The number of fused-ring (bicyclic) bond motifs is 1. The molecular formula is C19H24N4O3. The van der Waals surface area contributed by atoms with Gasteiger partial charge in [-0.15, -0.1) is 10.2 Å². The first-order chi connectivity index (χ1) is 12.6. The van der Waals surface area contributed by atoms with Gasteiger partial charge >= 0.3 is 0 Å². The standard InChI is InChI=1S/C19H24N4O3/c1-4-15-21-22-18(26-15)19-9-5-6-13(19)10-23(11-19)17(24)14-8-7-12(2)20-16(14)25-3/h7-8,13H,4-6,9-11H2,1-3H3/t13-,19-/m0/s1. The molecule has 1 aliphatic heterocycles. The molecule has 2 aliphatic rings. The van der Waals surface area contributed by atoms with Crippen LogP contribution in [0.15, 0.2) is 16.5 Å². The normalized spacial score (nSPS) is 24.7. The number of carbonyl (C=O) groups excluding carboxylic acids is 1. The zero-order valence-electron chi connectivity index (χ0n) is 15.5. The van der Waals surface area contributed by atoms with Crippen LogP contribution in [0.4, 0.5) is 0 Å². The average Bonchev–Trinajstić information content (AvgIpc) is 3.34. The van der Waals surface area contributed by atoms with Crippen molar-refractivity contribution in [1.29, 1.82) is 0 Å². The van der Waals surface area contributed by atoms with Crippen LogP contribution in [-0.2, 0) is 11.8 Å². The monoisotopic (exact) mass is 356 g/mol. The first-order valence-corrected chi connectivity index (χ1v) is 9.21. The second kappa shape index (κ2) is 6.37. The van der Waals surface area contributed by atoms with Crippen molar-refractivity contribution in [2.24, 2.45) is 5.92 Å². The van der Waals surface area contributed by atoms with E-state index < -0.39 is 0 Å². The Labute approximate surface area is 152 Å². The highest BCUT2D eigenvalue weighted by Gasteiger charge is 2.55. The lowest BCUT2D eigenvalue weighted by atomic mass is 9.80. The number of methoxy groups -OCH3 is 1. The van der Waals surface area contributed by atoms with Gasteiger partial charge in [0, 0.05) is 25.2 Å². The predicted octanol–water partition coefficient (Wildman–Crippen LogP) is 2.54. The van der Waals surface area contributed by atoms with E-state index in [9.17, 15) is 4.79 Å². The maximum atomic E-state index is 13.1. The number of hydrogen-bond donors (Lipinski definition) is 0. The molecule has 3 heterocycles. The van der Waals surface area contributed by atoms with E-state index in [1.54, 1.807) is 13.2 Å². The van der Waals surface area contributed by atoms with E-state index in [-0.39, 0.29) is 11.3 Å². The van der Waals surface area contributed by atoms with Gasteiger partial charge < -0.3 is 14.1 Å². The second-order valence-corrected chi connectivity index (χ2v) is 7.29. The number of rotatable bonds is 4. The minimum atomic E-state index is -0.207. The van der Waals surface area contributed by atoms with Crippen LogP contribution in [0, 0.1) is 12.8 Å². The van der Waals surface area contributed by atoms with Gasteiger partial charge in [0.1, 0.15) is 5.56 Å². The number of carbonyl (C=O) groups is 1. The summed E-state index contributed by atoms with van der Waals surface area (Å²) in [5.74, 6) is 2.06. The van der Waals surface area contributed by atoms with E-state index in [2.05, 4.69) is 15.2 Å². The van der Waals surface area contributed by atoms with Gasteiger partial charge in [-0.1, -0.05) is 13.3 Å². The minimum absolute atomic E-state index is 0.0432. The largest absolute Gasteiger partial charge is 0.480 e. The number of aromatic nitrogens is 3. The first-order valence-electron chi connectivity index (χ1n) is 9.21. The highest BCUT2D eigenvalue weighted by atomic mass is 16.5. The third kappa shape index (κ3) is 2.57. The van der Waals surface area contributed by atoms with Gasteiger partial charge in [0.05, 0.1) is 12.5 Å². The van der Waals surface area contributed by atoms with Crippen molar-refractivity contribution in [3.63, 3.8) is 0 Å². The number of pyridine rings is 1. The Morgan fingerprint density at radius 2 is 2.27 bits per heavy atom. The van der Waals surface area contributed by atoms with E-state index in [1.807, 2.05) is 24.8 Å². The Balaban J connectivity index is 1.63. The number of likely N-dealkylation sites (tertiary alicyclic amines) is 1. The molecule has 0 aromatic carbocycles. The first kappa shape index (κ1) is 17.0. The van der Waals surface area contributed by atoms with E-state index in [0.717, 1.165) is 31.4 Å². The molecule has 4 rings (SSSR count). The second-order valence-electron chi connectivity index (χ2n) is 7.29. The molecule has 1 aliphatic carbocycles. The summed E-state index contributed by atoms with van der Waals surface area (Å²) in [6.07, 6.45) is 3.92. The van der Waals surface area contributed by atoms with Crippen molar-refractivity contribution in [3.05, 3.63) is 35.2 Å². The third-order valence-electron chi connectivity index (χ3n) is 5.78. The molecular weight excluding hydrogens is 332 g/mol. The zero-order chi connectivity index (χ0) is 18.3. The molecule has 0 spiro atoms. The van der Waals surface area contributed by atoms with Crippen molar-refractivity contribution < 1.29 is 13.9 Å². The average molecular weight is 356 g/mol. The molecule has 2 atom stereocenters. The SMILES string of the molecule is CCc1nnc([C@]23CCC[C@H]2CN(C(=O)c2ccc(C)nc2OC)C3)o1. The van der Waals surface area contributed by atoms with E-state index in [1.165, 1.54) is 0 Å². The zero-order valence-corrected chi connectivity index (χ0v) is 15.5. The van der Waals surface area contributed by atoms with Gasteiger partial charge in [-0.3, -0.25) is 4.79 Å². The number of nitrogens with zero attached hydrogens (tertiary/aromatic N) is 4. The van der Waals surface area contributed by atoms with Crippen LogP contribution in [-0.4, -0.2) is 46.2 Å². The molecule has 0 bridgehead atoms. The lowest BCUT2D eigenvalue weighted by molar-refractivity contribution is 0.0771. The van der Waals surface area contributed by atoms with Crippen LogP contribution in [0.2, 0.25) is 0 Å². The molecule has 26 heavy (non-hydrogen) atoms. The van der Waals surface area contributed by atoms with Crippen molar-refractivity contribution in [2.45, 2.75) is 44.9 Å². The predicted molar refractivity (Wildman–Crippen MR) is 94.1 cm³/mol. The third-order valence-corrected chi connectivity index (χ3v) is 5.78. The van der Waals surface area contributed by atoms with Crippen LogP contribution < -0.4 is 4.74 Å². The number of hydrogen-bond acceptors (Lipinski definition) is 6. The summed E-state index contributed by atoms with van der Waals surface area (Å²) in [5, 5.41) is 8.47. The summed E-state index contributed by atoms with van der Waals surface area (Å²) in [4.78, 5) is 19.4. The van der Waals surface area contributed by atoms with E-state index in [0.29, 0.717) is 42.2 Å². The summed E-state index contributed by atoms with van der Waals surface area (Å²) in [6.45, 7) is 5.20. The van der Waals surface area contributed by atoms with Crippen LogP contribution in [0.3, 0.4) is 0 Å². The fraction of sp³-hybridized carbons (Fsp3) is 0.579. The molecule has 0 unspecified atom stereocenters. The Kier molecular flexibility index (Phi) is 4.17. The lowest BCUT2D eigenvalue weighted by Gasteiger charge is -2.24. The number of aryl methyl sites for hydroxylation is 2. The molecule has 0 N–H and O–H groups in total. The fourth-order valence-electron chi connectivity index (χ4n) is 4.41. The highest BCUT2D eigenvalue weighted by Crippen LogP contribution is 2.50. The summed E-state index contributed by atoms with van der Waals surface area (Å²) in [7, 11) is 1.55.